The Morgan fingerprint density at radius 1 is 1.03 bits per heavy atom. The van der Waals surface area contributed by atoms with Crippen molar-refractivity contribution in [3.05, 3.63) is 59.7 Å². The van der Waals surface area contributed by atoms with E-state index in [0.717, 1.165) is 24.3 Å². The molecular formula is C24H33N4O3+. The Labute approximate surface area is 184 Å². The molecule has 1 atom stereocenters. The number of methoxy groups -OCH3 is 1. The van der Waals surface area contributed by atoms with Crippen molar-refractivity contribution in [1.82, 2.24) is 10.6 Å². The van der Waals surface area contributed by atoms with Crippen molar-refractivity contribution in [2.75, 3.05) is 45.7 Å². The van der Waals surface area contributed by atoms with Gasteiger partial charge in [-0.1, -0.05) is 24.3 Å². The van der Waals surface area contributed by atoms with Crippen LogP contribution in [0.5, 0.6) is 5.75 Å². The van der Waals surface area contributed by atoms with Crippen LogP contribution in [-0.2, 0) is 16.1 Å². The molecule has 1 fully saturated rings. The SMILES string of the molecule is COc1cccc(CNC(=O)C(=O)NC[C@@H](c2ccc(N(C)C)cc2)[NH+]2CCCC2)c1. The third kappa shape index (κ3) is 6.21. The summed E-state index contributed by atoms with van der Waals surface area (Å²) in [5, 5.41) is 5.53. The first-order chi connectivity index (χ1) is 15.0. The van der Waals surface area contributed by atoms with Crippen molar-refractivity contribution in [3.8, 4) is 5.75 Å². The van der Waals surface area contributed by atoms with Crippen molar-refractivity contribution in [2.45, 2.75) is 25.4 Å². The largest absolute Gasteiger partial charge is 0.497 e. The first-order valence-electron chi connectivity index (χ1n) is 10.8. The smallest absolute Gasteiger partial charge is 0.309 e. The number of nitrogens with one attached hydrogen (secondary N) is 3. The van der Waals surface area contributed by atoms with Crippen molar-refractivity contribution < 1.29 is 19.2 Å². The van der Waals surface area contributed by atoms with Gasteiger partial charge in [0.15, 0.2) is 0 Å². The van der Waals surface area contributed by atoms with Crippen LogP contribution in [0.2, 0.25) is 0 Å². The minimum atomic E-state index is -0.624. The van der Waals surface area contributed by atoms with E-state index >= 15 is 0 Å². The lowest BCUT2D eigenvalue weighted by atomic mass is 10.0. The maximum atomic E-state index is 12.4. The zero-order valence-corrected chi connectivity index (χ0v) is 18.6. The van der Waals surface area contributed by atoms with Gasteiger partial charge < -0.3 is 25.2 Å². The summed E-state index contributed by atoms with van der Waals surface area (Å²) in [6.07, 6.45) is 2.38. The van der Waals surface area contributed by atoms with Crippen molar-refractivity contribution in [2.24, 2.45) is 0 Å². The molecule has 3 rings (SSSR count). The van der Waals surface area contributed by atoms with Crippen LogP contribution in [0, 0.1) is 0 Å². The molecule has 0 unspecified atom stereocenters. The summed E-state index contributed by atoms with van der Waals surface area (Å²) >= 11 is 0. The summed E-state index contributed by atoms with van der Waals surface area (Å²) < 4.78 is 5.19. The lowest BCUT2D eigenvalue weighted by Gasteiger charge is -2.25. The average molecular weight is 426 g/mol. The second-order valence-electron chi connectivity index (χ2n) is 8.15. The Bertz CT molecular complexity index is 877. The molecule has 166 valence electrons. The highest BCUT2D eigenvalue weighted by Gasteiger charge is 2.28. The van der Waals surface area contributed by atoms with Gasteiger partial charge in [-0.15, -0.1) is 0 Å². The van der Waals surface area contributed by atoms with E-state index in [1.165, 1.54) is 23.3 Å². The predicted octanol–water partition coefficient (Wildman–Crippen LogP) is 0.914. The molecule has 7 nitrogen and oxygen atoms in total. The minimum Gasteiger partial charge on any atom is -0.497 e. The van der Waals surface area contributed by atoms with Gasteiger partial charge in [-0.05, 0) is 29.8 Å². The maximum Gasteiger partial charge on any atom is 0.309 e. The van der Waals surface area contributed by atoms with Crippen molar-refractivity contribution in [3.63, 3.8) is 0 Å². The van der Waals surface area contributed by atoms with Crippen LogP contribution in [-0.4, -0.2) is 52.7 Å². The maximum absolute atomic E-state index is 12.4. The molecule has 0 aliphatic carbocycles. The van der Waals surface area contributed by atoms with Gasteiger partial charge in [0.2, 0.25) is 0 Å². The highest BCUT2D eigenvalue weighted by atomic mass is 16.5. The van der Waals surface area contributed by atoms with Gasteiger partial charge in [-0.3, -0.25) is 9.59 Å². The Morgan fingerprint density at radius 2 is 1.71 bits per heavy atom. The van der Waals surface area contributed by atoms with Gasteiger partial charge in [0.05, 0.1) is 26.7 Å². The first kappa shape index (κ1) is 22.6. The third-order valence-corrected chi connectivity index (χ3v) is 5.81. The van der Waals surface area contributed by atoms with Crippen molar-refractivity contribution >= 4 is 17.5 Å². The Hall–Kier alpha value is -3.06. The quantitative estimate of drug-likeness (QED) is 0.550. The number of hydrogen-bond acceptors (Lipinski definition) is 4. The molecule has 3 N–H and O–H groups in total. The Kier molecular flexibility index (Phi) is 7.89. The van der Waals surface area contributed by atoms with Gasteiger partial charge in [0, 0.05) is 44.7 Å². The number of ether oxygens (including phenoxy) is 1. The molecule has 0 radical (unpaired) electrons. The molecule has 31 heavy (non-hydrogen) atoms. The van der Waals surface area contributed by atoms with Crippen LogP contribution >= 0.6 is 0 Å². The number of carbonyl (C=O) groups is 2. The van der Waals surface area contributed by atoms with E-state index in [1.54, 1.807) is 7.11 Å². The number of nitrogens with zero attached hydrogens (tertiary/aromatic N) is 1. The van der Waals surface area contributed by atoms with Gasteiger partial charge in [0.1, 0.15) is 11.8 Å². The molecule has 7 heteroatoms. The summed E-state index contributed by atoms with van der Waals surface area (Å²) in [6.45, 7) is 2.87. The van der Waals surface area contributed by atoms with E-state index in [1.807, 2.05) is 38.4 Å². The summed E-state index contributed by atoms with van der Waals surface area (Å²) in [6, 6.07) is 16.0. The second kappa shape index (κ2) is 10.8. The summed E-state index contributed by atoms with van der Waals surface area (Å²) in [5.74, 6) is -0.509. The number of anilines is 1. The molecular weight excluding hydrogens is 392 g/mol. The summed E-state index contributed by atoms with van der Waals surface area (Å²) in [7, 11) is 5.63. The number of rotatable bonds is 8. The topological polar surface area (TPSA) is 75.1 Å². The standard InChI is InChI=1S/C24H32N4O3/c1-27(2)20-11-9-19(10-12-20)22(28-13-4-5-14-28)17-26-24(30)23(29)25-16-18-7-6-8-21(15-18)31-3/h6-12,15,22H,4-5,13-14,16-17H2,1-3H3,(H,25,29)(H,26,30)/p+1/t22-/m0/s1. The molecule has 1 heterocycles. The molecule has 1 aliphatic rings. The first-order valence-corrected chi connectivity index (χ1v) is 10.8. The Balaban J connectivity index is 1.58. The summed E-state index contributed by atoms with van der Waals surface area (Å²) in [4.78, 5) is 28.2. The van der Waals surface area contributed by atoms with Crippen LogP contribution in [0.4, 0.5) is 5.69 Å². The predicted molar refractivity (Wildman–Crippen MR) is 121 cm³/mol. The number of amides is 2. The number of carbonyl (C=O) groups excluding carboxylic acids is 2. The Morgan fingerprint density at radius 3 is 2.35 bits per heavy atom. The molecule has 2 amide bonds. The zero-order valence-electron chi connectivity index (χ0n) is 18.6. The molecule has 0 saturated carbocycles. The number of quaternary nitrogens is 1. The van der Waals surface area contributed by atoms with E-state index in [9.17, 15) is 9.59 Å². The van der Waals surface area contributed by atoms with Crippen molar-refractivity contribution in [1.29, 1.82) is 0 Å². The molecule has 1 aliphatic heterocycles. The van der Waals surface area contributed by atoms with Crippen LogP contribution in [0.3, 0.4) is 0 Å². The molecule has 0 spiro atoms. The number of likely N-dealkylation sites (tertiary alicyclic amines) is 1. The third-order valence-electron chi connectivity index (χ3n) is 5.81. The average Bonchev–Trinajstić information content (AvgIpc) is 3.32. The zero-order chi connectivity index (χ0) is 22.2. The highest BCUT2D eigenvalue weighted by molar-refractivity contribution is 6.35. The fourth-order valence-corrected chi connectivity index (χ4v) is 4.00. The lowest BCUT2D eigenvalue weighted by molar-refractivity contribution is -0.918. The van der Waals surface area contributed by atoms with E-state index in [4.69, 9.17) is 4.74 Å². The normalized spacial score (nSPS) is 14.7. The van der Waals surface area contributed by atoms with Gasteiger partial charge in [-0.2, -0.15) is 0 Å². The molecule has 2 aromatic rings. The van der Waals surface area contributed by atoms with Gasteiger partial charge in [-0.25, -0.2) is 0 Å². The van der Waals surface area contributed by atoms with E-state index in [-0.39, 0.29) is 12.6 Å². The highest BCUT2D eigenvalue weighted by Crippen LogP contribution is 2.17. The molecule has 1 saturated heterocycles. The minimum absolute atomic E-state index is 0.133. The van der Waals surface area contributed by atoms with E-state index in [0.29, 0.717) is 12.3 Å². The fourth-order valence-electron chi connectivity index (χ4n) is 4.00. The van der Waals surface area contributed by atoms with Gasteiger partial charge >= 0.3 is 11.8 Å². The van der Waals surface area contributed by atoms with Crippen LogP contribution in [0.1, 0.15) is 30.0 Å². The molecule has 0 bridgehead atoms. The molecule has 2 aromatic carbocycles. The number of benzene rings is 2. The number of hydrogen-bond donors (Lipinski definition) is 3. The van der Waals surface area contributed by atoms with Crippen LogP contribution in [0.15, 0.2) is 48.5 Å². The molecule has 0 aromatic heterocycles. The summed E-state index contributed by atoms with van der Waals surface area (Å²) in [5.41, 5.74) is 3.19. The lowest BCUT2D eigenvalue weighted by Crippen LogP contribution is -3.11. The van der Waals surface area contributed by atoms with E-state index < -0.39 is 11.8 Å². The second-order valence-corrected chi connectivity index (χ2v) is 8.15. The van der Waals surface area contributed by atoms with E-state index in [2.05, 4.69) is 39.8 Å². The van der Waals surface area contributed by atoms with Crippen LogP contribution < -0.4 is 25.2 Å². The fraction of sp³-hybridized carbons (Fsp3) is 0.417. The van der Waals surface area contributed by atoms with Crippen LogP contribution in [0.25, 0.3) is 0 Å². The van der Waals surface area contributed by atoms with Gasteiger partial charge in [0.25, 0.3) is 0 Å². The monoisotopic (exact) mass is 425 g/mol.